The fraction of sp³-hybridized carbons (Fsp3) is 0.219. The van der Waals surface area contributed by atoms with Crippen LogP contribution in [-0.2, 0) is 15.9 Å². The minimum Gasteiger partial charge on any atom is -0.494 e. The Morgan fingerprint density at radius 3 is 2.34 bits per heavy atom. The van der Waals surface area contributed by atoms with E-state index in [1.807, 2.05) is 48.5 Å². The summed E-state index contributed by atoms with van der Waals surface area (Å²) in [6.45, 7) is 9.42. The second-order valence-corrected chi connectivity index (χ2v) is 11.5. The fourth-order valence-electron chi connectivity index (χ4n) is 6.65. The van der Waals surface area contributed by atoms with Crippen molar-refractivity contribution in [2.75, 3.05) is 6.61 Å². The maximum Gasteiger partial charge on any atom is 0.205 e. The Kier molecular flexibility index (Phi) is 5.73. The minimum absolute atomic E-state index is 0.154. The van der Waals surface area contributed by atoms with Crippen molar-refractivity contribution in [3.05, 3.63) is 99.3 Å². The number of aliphatic hydroxyl groups excluding tert-OH is 1. The quantitative estimate of drug-likeness (QED) is 0.183. The summed E-state index contributed by atoms with van der Waals surface area (Å²) in [4.78, 5) is 3.62. The van der Waals surface area contributed by atoms with Crippen LogP contribution in [0.5, 0.6) is 17.5 Å². The van der Waals surface area contributed by atoms with Gasteiger partial charge in [0.15, 0.2) is 5.69 Å². The predicted molar refractivity (Wildman–Crippen MR) is 158 cm³/mol. The number of fused-ring (bicyclic) bond motifs is 7. The number of aromatic hydroxyl groups is 2. The van der Waals surface area contributed by atoms with E-state index in [0.717, 1.165) is 10.8 Å². The average Bonchev–Trinajstić information content (AvgIpc) is 3.50. The second kappa shape index (κ2) is 9.04. The number of nitrogens with zero attached hydrogens (tertiary/aromatic N) is 2. The van der Waals surface area contributed by atoms with Gasteiger partial charge in [-0.25, -0.2) is 4.85 Å². The Labute approximate surface area is 245 Å². The van der Waals surface area contributed by atoms with Gasteiger partial charge in [-0.1, -0.05) is 77.8 Å². The van der Waals surface area contributed by atoms with E-state index in [0.29, 0.717) is 49.1 Å². The van der Waals surface area contributed by atoms with E-state index >= 15 is 0 Å². The van der Waals surface area contributed by atoms with Gasteiger partial charge in [0, 0.05) is 23.6 Å². The largest absolute Gasteiger partial charge is 0.494 e. The molecule has 1 aromatic heterocycles. The molecule has 0 spiro atoms. The summed E-state index contributed by atoms with van der Waals surface area (Å²) in [6, 6.07) is 19.9. The molecule has 5 aromatic rings. The highest BCUT2D eigenvalue weighted by atomic mass is 35.5. The number of hydrogen-bond acceptors (Lipinski definition) is 5. The first-order valence-electron chi connectivity index (χ1n) is 13.1. The highest BCUT2D eigenvalue weighted by Gasteiger charge is 2.66. The maximum atomic E-state index is 11.7. The summed E-state index contributed by atoms with van der Waals surface area (Å²) in [5.41, 5.74) is -0.591. The molecule has 0 saturated carbocycles. The third-order valence-electron chi connectivity index (χ3n) is 8.53. The van der Waals surface area contributed by atoms with Gasteiger partial charge in [0.2, 0.25) is 11.8 Å². The molecule has 206 valence electrons. The molecule has 41 heavy (non-hydrogen) atoms. The van der Waals surface area contributed by atoms with Crippen LogP contribution in [0.15, 0.2) is 66.7 Å². The molecule has 7 rings (SSSR count). The first kappa shape index (κ1) is 26.0. The Bertz CT molecular complexity index is 1950. The van der Waals surface area contributed by atoms with Crippen molar-refractivity contribution in [2.45, 2.75) is 37.1 Å². The van der Waals surface area contributed by atoms with Crippen molar-refractivity contribution in [3.63, 3.8) is 0 Å². The molecule has 0 amide bonds. The van der Waals surface area contributed by atoms with Crippen molar-refractivity contribution < 1.29 is 24.8 Å². The molecule has 3 atom stereocenters. The fourth-order valence-corrected chi connectivity index (χ4v) is 7.24. The summed E-state index contributed by atoms with van der Waals surface area (Å²) in [6.07, 6.45) is -0.435. The lowest BCUT2D eigenvalue weighted by Crippen LogP contribution is -2.33. The number of ether oxygens (including phenoxy) is 2. The van der Waals surface area contributed by atoms with Crippen LogP contribution in [0.1, 0.15) is 30.9 Å². The van der Waals surface area contributed by atoms with Crippen LogP contribution < -0.4 is 4.74 Å². The lowest BCUT2D eigenvalue weighted by atomic mass is 9.76. The van der Waals surface area contributed by atoms with Crippen molar-refractivity contribution in [2.24, 2.45) is 0 Å². The Morgan fingerprint density at radius 2 is 1.61 bits per heavy atom. The molecule has 1 fully saturated rings. The maximum absolute atomic E-state index is 11.7. The van der Waals surface area contributed by atoms with Crippen LogP contribution in [0, 0.1) is 6.57 Å². The van der Waals surface area contributed by atoms with Crippen LogP contribution in [0.2, 0.25) is 10.0 Å². The highest BCUT2D eigenvalue weighted by molar-refractivity contribution is 6.39. The number of halogens is 2. The van der Waals surface area contributed by atoms with E-state index < -0.39 is 17.3 Å². The van der Waals surface area contributed by atoms with Crippen LogP contribution in [0.4, 0.5) is 5.69 Å². The van der Waals surface area contributed by atoms with Gasteiger partial charge in [0.25, 0.3) is 0 Å². The van der Waals surface area contributed by atoms with E-state index in [4.69, 9.17) is 39.2 Å². The van der Waals surface area contributed by atoms with Crippen molar-refractivity contribution in [1.29, 1.82) is 0 Å². The summed E-state index contributed by atoms with van der Waals surface area (Å²) in [5, 5.41) is 38.3. The first-order valence-corrected chi connectivity index (χ1v) is 13.9. The monoisotopic (exact) mass is 586 g/mol. The van der Waals surface area contributed by atoms with Crippen LogP contribution in [-0.4, -0.2) is 32.6 Å². The van der Waals surface area contributed by atoms with Gasteiger partial charge >= 0.3 is 0 Å². The summed E-state index contributed by atoms with van der Waals surface area (Å²) in [7, 11) is 0. The zero-order chi connectivity index (χ0) is 28.7. The minimum atomic E-state index is -1.24. The molecule has 3 heterocycles. The lowest BCUT2D eigenvalue weighted by Gasteiger charge is -2.27. The predicted octanol–water partition coefficient (Wildman–Crippen LogP) is 7.73. The van der Waals surface area contributed by atoms with Gasteiger partial charge in [0.05, 0.1) is 46.1 Å². The normalized spacial score (nSPS) is 22.8. The van der Waals surface area contributed by atoms with Gasteiger partial charge in [-0.15, -0.1) is 0 Å². The van der Waals surface area contributed by atoms with E-state index in [9.17, 15) is 15.3 Å². The van der Waals surface area contributed by atoms with Crippen LogP contribution in [0.3, 0.4) is 0 Å². The van der Waals surface area contributed by atoms with Crippen molar-refractivity contribution in [1.82, 2.24) is 4.57 Å². The molecule has 2 aliphatic heterocycles. The summed E-state index contributed by atoms with van der Waals surface area (Å²) >= 11 is 12.9. The van der Waals surface area contributed by atoms with E-state index in [2.05, 4.69) is 4.85 Å². The zero-order valence-electron chi connectivity index (χ0n) is 21.9. The summed E-state index contributed by atoms with van der Waals surface area (Å²) < 4.78 is 14.0. The van der Waals surface area contributed by atoms with Crippen LogP contribution >= 0.6 is 23.2 Å². The molecule has 4 aromatic carbocycles. The average molecular weight is 587 g/mol. The molecule has 0 aliphatic carbocycles. The molecule has 2 aliphatic rings. The first-order chi connectivity index (χ1) is 19.7. The highest BCUT2D eigenvalue weighted by Crippen LogP contribution is 2.65. The van der Waals surface area contributed by atoms with Gasteiger partial charge in [-0.2, -0.15) is 0 Å². The number of benzene rings is 4. The summed E-state index contributed by atoms with van der Waals surface area (Å²) in [5.74, 6) is 0.0939. The van der Waals surface area contributed by atoms with Gasteiger partial charge in [-0.3, -0.25) is 4.57 Å². The van der Waals surface area contributed by atoms with Crippen molar-refractivity contribution >= 4 is 50.4 Å². The molecule has 3 N–H and O–H groups in total. The number of aliphatic hydroxyl groups is 1. The van der Waals surface area contributed by atoms with Gasteiger partial charge < -0.3 is 24.8 Å². The van der Waals surface area contributed by atoms with E-state index in [-0.39, 0.29) is 31.2 Å². The van der Waals surface area contributed by atoms with Gasteiger partial charge in [0.1, 0.15) is 17.0 Å². The van der Waals surface area contributed by atoms with Crippen molar-refractivity contribution in [3.8, 4) is 23.2 Å². The molecule has 0 radical (unpaired) electrons. The lowest BCUT2D eigenvalue weighted by molar-refractivity contribution is -0.107. The Morgan fingerprint density at radius 1 is 0.951 bits per heavy atom. The van der Waals surface area contributed by atoms with Crippen LogP contribution in [0.25, 0.3) is 32.1 Å². The van der Waals surface area contributed by atoms with E-state index in [1.54, 1.807) is 25.1 Å². The van der Waals surface area contributed by atoms with Gasteiger partial charge in [-0.05, 0) is 29.8 Å². The Balaban J connectivity index is 1.31. The number of hydrogen-bond donors (Lipinski definition) is 3. The molecule has 2 unspecified atom stereocenters. The zero-order valence-corrected chi connectivity index (χ0v) is 23.4. The SMILES string of the molecule is [C-]#[N+]c1ccc(-n2c(O)c3c(c2O)C2(C)OC3(CCOc3c(Cl)cc(Cl)c4ccccc34)C[C@H]2O)c2ccccc12. The second-order valence-electron chi connectivity index (χ2n) is 10.7. The third kappa shape index (κ3) is 3.52. The molecule has 9 heteroatoms. The third-order valence-corrected chi connectivity index (χ3v) is 9.12. The topological polar surface area (TPSA) is 88.4 Å². The smallest absolute Gasteiger partial charge is 0.205 e. The number of rotatable bonds is 5. The van der Waals surface area contributed by atoms with E-state index in [1.165, 1.54) is 4.57 Å². The standard InChI is InChI=1S/C32H24Cl2N2O5/c1-31-25(37)16-32(41-31,13-14-40-28-20-10-6-3-7-17(20)21(33)15-22(28)34)27-26(31)29(38)36(30(27)39)24-12-11-23(35-2)18-8-4-5-9-19(18)24/h3-12,15,25,37-39H,13-14,16H2,1H3/t25-,31?,32?/m1/s1. The molecule has 2 bridgehead atoms. The molecular weight excluding hydrogens is 563 g/mol. The number of aromatic nitrogens is 1. The Hall–Kier alpha value is -3.93. The molecule has 1 saturated heterocycles. The molecular formula is C32H24Cl2N2O5. The molecule has 7 nitrogen and oxygen atoms in total.